The molecule has 3 amide bonds. The molecule has 4 rings (SSSR count). The smallest absolute Gasteiger partial charge is 0.315 e. The van der Waals surface area contributed by atoms with Gasteiger partial charge in [0.15, 0.2) is 21.4 Å². The van der Waals surface area contributed by atoms with Gasteiger partial charge in [0.25, 0.3) is 0 Å². The lowest BCUT2D eigenvalue weighted by molar-refractivity contribution is -0.143. The third-order valence-corrected chi connectivity index (χ3v) is 15.8. The van der Waals surface area contributed by atoms with Crippen LogP contribution < -0.4 is 10.6 Å². The van der Waals surface area contributed by atoms with Gasteiger partial charge in [0.1, 0.15) is 6.04 Å². The standard InChI is InChI=1S/C41H67N3O7S/c1-8-10-20-32(45)36(47)29(17-9-2)25-33(46)35-30-21-24-40(6,7)31(30)26-44(35)37(48)34(28-18-13-11-14-19-28)42-38(49)43-41(22-15-12-16-23-41)27-52(50,51)39(3,4)5/h8,28-31,34-35H,1,9-27H2,2-7H3,(H2,42,43,49)/t29?,30-,31-,34-,35-/m0/s1. The second-order valence-corrected chi connectivity index (χ2v) is 20.9. The van der Waals surface area contributed by atoms with Gasteiger partial charge in [0, 0.05) is 25.3 Å². The molecule has 0 aromatic carbocycles. The molecular formula is C41H67N3O7S. The van der Waals surface area contributed by atoms with Crippen LogP contribution in [-0.2, 0) is 29.0 Å². The largest absolute Gasteiger partial charge is 0.332 e. The summed E-state index contributed by atoms with van der Waals surface area (Å²) >= 11 is 0. The average molecular weight is 746 g/mol. The summed E-state index contributed by atoms with van der Waals surface area (Å²) in [5, 5.41) is 6.16. The predicted molar refractivity (Wildman–Crippen MR) is 204 cm³/mol. The van der Waals surface area contributed by atoms with Gasteiger partial charge in [0.2, 0.25) is 11.7 Å². The lowest BCUT2D eigenvalue weighted by atomic mass is 9.78. The fourth-order valence-electron chi connectivity index (χ4n) is 9.64. The van der Waals surface area contributed by atoms with E-state index in [4.69, 9.17) is 0 Å². The van der Waals surface area contributed by atoms with Crippen molar-refractivity contribution in [3.8, 4) is 0 Å². The van der Waals surface area contributed by atoms with Crippen molar-refractivity contribution in [2.75, 3.05) is 12.3 Å². The van der Waals surface area contributed by atoms with Gasteiger partial charge in [-0.1, -0.05) is 71.8 Å². The molecule has 11 heteroatoms. The first-order valence-corrected chi connectivity index (χ1v) is 21.8. The fourth-order valence-corrected chi connectivity index (χ4v) is 11.2. The zero-order valence-electron chi connectivity index (χ0n) is 32.9. The molecule has 0 bridgehead atoms. The number of urea groups is 1. The first-order valence-electron chi connectivity index (χ1n) is 20.2. The first kappa shape index (κ1) is 42.2. The molecule has 1 unspecified atom stereocenters. The third-order valence-electron chi connectivity index (χ3n) is 13.0. The molecule has 0 spiro atoms. The van der Waals surface area contributed by atoms with Crippen molar-refractivity contribution < 1.29 is 32.4 Å². The molecule has 0 aromatic rings. The van der Waals surface area contributed by atoms with Crippen molar-refractivity contribution in [3.63, 3.8) is 0 Å². The zero-order chi connectivity index (χ0) is 38.5. The van der Waals surface area contributed by atoms with E-state index in [-0.39, 0.29) is 53.5 Å². The molecule has 2 N–H and O–H groups in total. The summed E-state index contributed by atoms with van der Waals surface area (Å²) in [6, 6.07) is -2.14. The Labute approximate surface area is 313 Å². The van der Waals surface area contributed by atoms with Crippen LogP contribution in [0, 0.1) is 29.1 Å². The Morgan fingerprint density at radius 1 is 0.942 bits per heavy atom. The number of rotatable bonds is 16. The molecule has 0 radical (unpaired) electrons. The van der Waals surface area contributed by atoms with Crippen LogP contribution in [0.5, 0.6) is 0 Å². The van der Waals surface area contributed by atoms with Gasteiger partial charge in [0.05, 0.1) is 22.1 Å². The van der Waals surface area contributed by atoms with Gasteiger partial charge in [-0.3, -0.25) is 19.2 Å². The van der Waals surface area contributed by atoms with Crippen LogP contribution in [0.15, 0.2) is 12.7 Å². The molecule has 52 heavy (non-hydrogen) atoms. The number of hydrogen-bond acceptors (Lipinski definition) is 7. The molecule has 294 valence electrons. The third kappa shape index (κ3) is 9.75. The number of fused-ring (bicyclic) bond motifs is 1. The summed E-state index contributed by atoms with van der Waals surface area (Å²) in [6.45, 7) is 15.4. The number of carbonyl (C=O) groups is 5. The summed E-state index contributed by atoms with van der Waals surface area (Å²) in [5.41, 5.74) is -1.01. The number of hydrogen-bond donors (Lipinski definition) is 2. The molecule has 3 aliphatic carbocycles. The van der Waals surface area contributed by atoms with Gasteiger partial charge in [-0.15, -0.1) is 6.58 Å². The molecule has 1 heterocycles. The van der Waals surface area contributed by atoms with Crippen LogP contribution in [0.3, 0.4) is 0 Å². The average Bonchev–Trinajstić information content (AvgIpc) is 3.62. The SMILES string of the molecule is C=CCCC(=O)C(=O)C(CCC)CC(=O)[C@@H]1[C@H]2CCC(C)(C)[C@H]2CN1C(=O)[C@@H](NC(=O)NC1(CS(=O)(=O)C(C)(C)C)CCCCC1)C1CCCCC1. The van der Waals surface area contributed by atoms with E-state index in [0.29, 0.717) is 38.6 Å². The monoisotopic (exact) mass is 745 g/mol. The number of ketones is 3. The highest BCUT2D eigenvalue weighted by Gasteiger charge is 2.57. The lowest BCUT2D eigenvalue weighted by Crippen LogP contribution is -2.62. The highest BCUT2D eigenvalue weighted by molar-refractivity contribution is 7.92. The van der Waals surface area contributed by atoms with Crippen LogP contribution in [-0.4, -0.2) is 77.3 Å². The Kier molecular flexibility index (Phi) is 14.0. The van der Waals surface area contributed by atoms with Crippen molar-refractivity contribution in [2.45, 2.75) is 173 Å². The Morgan fingerprint density at radius 3 is 2.17 bits per heavy atom. The molecule has 4 fully saturated rings. The molecular weight excluding hydrogens is 679 g/mol. The van der Waals surface area contributed by atoms with Gasteiger partial charge < -0.3 is 15.5 Å². The molecule has 0 aromatic heterocycles. The van der Waals surface area contributed by atoms with Crippen molar-refractivity contribution in [3.05, 3.63) is 12.7 Å². The summed E-state index contributed by atoms with van der Waals surface area (Å²) in [6.07, 6.45) is 12.9. The first-order chi connectivity index (χ1) is 24.4. The van der Waals surface area contributed by atoms with E-state index in [9.17, 15) is 32.4 Å². The van der Waals surface area contributed by atoms with Gasteiger partial charge in [-0.25, -0.2) is 13.2 Å². The van der Waals surface area contributed by atoms with E-state index in [1.807, 2.05) is 6.92 Å². The number of likely N-dealkylation sites (tertiary alicyclic amines) is 1. The van der Waals surface area contributed by atoms with Crippen molar-refractivity contribution in [2.24, 2.45) is 29.1 Å². The molecule has 1 aliphatic heterocycles. The number of Topliss-reactive ketones (excluding diaryl/α,β-unsaturated/α-hetero) is 3. The number of sulfone groups is 1. The van der Waals surface area contributed by atoms with Crippen molar-refractivity contribution >= 4 is 39.1 Å². The molecule has 1 saturated heterocycles. The fraction of sp³-hybridized carbons (Fsp3) is 0.829. The van der Waals surface area contributed by atoms with E-state index in [1.54, 1.807) is 31.7 Å². The second kappa shape index (κ2) is 17.3. The number of allylic oxidation sites excluding steroid dienone is 1. The number of amides is 3. The van der Waals surface area contributed by atoms with Crippen LogP contribution in [0.4, 0.5) is 4.79 Å². The van der Waals surface area contributed by atoms with E-state index >= 15 is 0 Å². The Bertz CT molecular complexity index is 1440. The zero-order valence-corrected chi connectivity index (χ0v) is 33.7. The summed E-state index contributed by atoms with van der Waals surface area (Å²) in [5.74, 6) is -2.42. The summed E-state index contributed by atoms with van der Waals surface area (Å²) in [4.78, 5) is 71.2. The van der Waals surface area contributed by atoms with E-state index < -0.39 is 55.7 Å². The van der Waals surface area contributed by atoms with Crippen molar-refractivity contribution in [1.29, 1.82) is 0 Å². The molecule has 5 atom stereocenters. The van der Waals surface area contributed by atoms with Crippen LogP contribution in [0.2, 0.25) is 0 Å². The highest BCUT2D eigenvalue weighted by Crippen LogP contribution is 2.53. The summed E-state index contributed by atoms with van der Waals surface area (Å²) < 4.78 is 25.9. The maximum atomic E-state index is 14.9. The minimum atomic E-state index is -3.55. The van der Waals surface area contributed by atoms with Gasteiger partial charge >= 0.3 is 6.03 Å². The maximum absolute atomic E-state index is 14.9. The van der Waals surface area contributed by atoms with E-state index in [2.05, 4.69) is 31.1 Å². The van der Waals surface area contributed by atoms with E-state index in [0.717, 1.165) is 64.2 Å². The van der Waals surface area contributed by atoms with Crippen molar-refractivity contribution in [1.82, 2.24) is 15.5 Å². The summed E-state index contributed by atoms with van der Waals surface area (Å²) in [7, 11) is -3.55. The lowest BCUT2D eigenvalue weighted by Gasteiger charge is -2.41. The second-order valence-electron chi connectivity index (χ2n) is 18.2. The molecule has 10 nitrogen and oxygen atoms in total. The Morgan fingerprint density at radius 2 is 1.58 bits per heavy atom. The minimum absolute atomic E-state index is 0.0609. The Hall–Kier alpha value is -2.56. The quantitative estimate of drug-likeness (QED) is 0.129. The minimum Gasteiger partial charge on any atom is -0.332 e. The van der Waals surface area contributed by atoms with Crippen LogP contribution in [0.1, 0.15) is 151 Å². The Balaban J connectivity index is 1.63. The van der Waals surface area contributed by atoms with Crippen LogP contribution in [0.25, 0.3) is 0 Å². The van der Waals surface area contributed by atoms with Gasteiger partial charge in [-0.05, 0) is 95.3 Å². The van der Waals surface area contributed by atoms with Gasteiger partial charge in [-0.2, -0.15) is 0 Å². The maximum Gasteiger partial charge on any atom is 0.315 e. The normalized spacial score (nSPS) is 25.8. The molecule has 4 aliphatic rings. The van der Waals surface area contributed by atoms with Crippen LogP contribution >= 0.6 is 0 Å². The number of carbonyl (C=O) groups excluding carboxylic acids is 5. The highest BCUT2D eigenvalue weighted by atomic mass is 32.2. The predicted octanol–water partition coefficient (Wildman–Crippen LogP) is 6.89. The number of nitrogens with one attached hydrogen (secondary N) is 2. The van der Waals surface area contributed by atoms with E-state index in [1.165, 1.54) is 0 Å². The molecule has 3 saturated carbocycles. The number of nitrogens with zero attached hydrogens (tertiary/aromatic N) is 1. The topological polar surface area (TPSA) is 147 Å².